The molecule has 1 aromatic carbocycles. The second-order valence-corrected chi connectivity index (χ2v) is 4.32. The molecule has 0 aliphatic carbocycles. The van der Waals surface area contributed by atoms with Gasteiger partial charge in [0.05, 0.1) is 0 Å². The van der Waals surface area contributed by atoms with E-state index in [0.29, 0.717) is 0 Å². The molecule has 0 saturated carbocycles. The van der Waals surface area contributed by atoms with E-state index < -0.39 is 0 Å². The smallest absolute Gasteiger partial charge is 0.170 e. The molecule has 0 unspecified atom stereocenters. The van der Waals surface area contributed by atoms with Gasteiger partial charge in [-0.1, -0.05) is 24.2 Å². The minimum Gasteiger partial charge on any atom is -0.409 e. The van der Waals surface area contributed by atoms with Gasteiger partial charge in [0.15, 0.2) is 5.84 Å². The number of nitrogens with zero attached hydrogens (tertiary/aromatic N) is 2. The molecule has 1 rings (SSSR count). The number of oxime groups is 1. The van der Waals surface area contributed by atoms with Crippen molar-refractivity contribution in [2.24, 2.45) is 10.9 Å². The summed E-state index contributed by atoms with van der Waals surface area (Å²) in [4.78, 5) is 1.13. The molecule has 0 heterocycles. The van der Waals surface area contributed by atoms with Crippen LogP contribution in [0.5, 0.6) is 0 Å². The van der Waals surface area contributed by atoms with Crippen molar-refractivity contribution in [3.8, 4) is 0 Å². The Hall–Kier alpha value is -1.20. The number of hydrogen-bond donors (Lipinski definition) is 2. The molecular weight excluding hydrogens is 210 g/mol. The predicted molar refractivity (Wildman–Crippen MR) is 63.1 cm³/mol. The zero-order chi connectivity index (χ0) is 11.3. The van der Waals surface area contributed by atoms with Crippen LogP contribution in [0.3, 0.4) is 0 Å². The van der Waals surface area contributed by atoms with E-state index in [-0.39, 0.29) is 5.84 Å². The summed E-state index contributed by atoms with van der Waals surface area (Å²) in [6, 6.07) is 7.57. The van der Waals surface area contributed by atoms with Gasteiger partial charge in [0.2, 0.25) is 0 Å². The Bertz CT molecular complexity index is 337. The van der Waals surface area contributed by atoms with Crippen LogP contribution in [0.15, 0.2) is 34.3 Å². The van der Waals surface area contributed by atoms with Crippen molar-refractivity contribution in [3.63, 3.8) is 0 Å². The molecule has 0 aromatic heterocycles. The Labute approximate surface area is 93.9 Å². The van der Waals surface area contributed by atoms with Crippen molar-refractivity contribution in [2.75, 3.05) is 13.6 Å². The molecule has 0 saturated heterocycles. The van der Waals surface area contributed by atoms with Gasteiger partial charge >= 0.3 is 0 Å². The Morgan fingerprint density at radius 3 is 2.53 bits per heavy atom. The summed E-state index contributed by atoms with van der Waals surface area (Å²) in [6.45, 7) is 3.07. The van der Waals surface area contributed by atoms with Gasteiger partial charge in [0.25, 0.3) is 0 Å². The number of hydrogen-bond acceptors (Lipinski definition) is 4. The lowest BCUT2D eigenvalue weighted by molar-refractivity contribution is 0.318. The van der Waals surface area contributed by atoms with Crippen LogP contribution in [0.1, 0.15) is 12.5 Å². The number of benzene rings is 1. The maximum atomic E-state index is 8.49. The highest BCUT2D eigenvalue weighted by molar-refractivity contribution is 7.97. The third-order valence-corrected chi connectivity index (χ3v) is 3.02. The molecule has 0 fully saturated rings. The van der Waals surface area contributed by atoms with E-state index in [4.69, 9.17) is 10.9 Å². The van der Waals surface area contributed by atoms with E-state index in [1.54, 1.807) is 11.9 Å². The molecular formula is C10H15N3OS. The fraction of sp³-hybridized carbons (Fsp3) is 0.300. The van der Waals surface area contributed by atoms with E-state index in [2.05, 4.69) is 16.4 Å². The highest BCUT2D eigenvalue weighted by Gasteiger charge is 2.01. The second kappa shape index (κ2) is 5.63. The van der Waals surface area contributed by atoms with E-state index in [0.717, 1.165) is 17.0 Å². The van der Waals surface area contributed by atoms with Gasteiger partial charge in [0.1, 0.15) is 0 Å². The maximum Gasteiger partial charge on any atom is 0.170 e. The average molecular weight is 225 g/mol. The largest absolute Gasteiger partial charge is 0.409 e. The highest BCUT2D eigenvalue weighted by Crippen LogP contribution is 2.20. The number of rotatable bonds is 4. The molecule has 1 aromatic rings. The summed E-state index contributed by atoms with van der Waals surface area (Å²) in [5, 5.41) is 11.4. The van der Waals surface area contributed by atoms with Crippen LogP contribution in [0.2, 0.25) is 0 Å². The van der Waals surface area contributed by atoms with Crippen LogP contribution in [-0.2, 0) is 0 Å². The first-order chi connectivity index (χ1) is 7.17. The van der Waals surface area contributed by atoms with Crippen molar-refractivity contribution >= 4 is 17.8 Å². The van der Waals surface area contributed by atoms with Crippen molar-refractivity contribution in [3.05, 3.63) is 29.8 Å². The van der Waals surface area contributed by atoms with E-state index in [1.165, 1.54) is 0 Å². The third-order valence-electron chi connectivity index (χ3n) is 1.96. The first-order valence-corrected chi connectivity index (χ1v) is 5.41. The zero-order valence-corrected chi connectivity index (χ0v) is 9.66. The Balaban J connectivity index is 2.72. The third kappa shape index (κ3) is 3.45. The average Bonchev–Trinajstić information content (AvgIpc) is 2.29. The van der Waals surface area contributed by atoms with Crippen LogP contribution in [-0.4, -0.2) is 28.9 Å². The molecule has 0 bridgehead atoms. The molecule has 0 spiro atoms. The topological polar surface area (TPSA) is 61.8 Å². The highest BCUT2D eigenvalue weighted by atomic mass is 32.2. The first kappa shape index (κ1) is 11.9. The van der Waals surface area contributed by atoms with Gasteiger partial charge in [-0.05, 0) is 31.1 Å². The van der Waals surface area contributed by atoms with Crippen LogP contribution in [0.25, 0.3) is 0 Å². The fourth-order valence-electron chi connectivity index (χ4n) is 0.989. The quantitative estimate of drug-likeness (QED) is 0.269. The Kier molecular flexibility index (Phi) is 4.45. The molecule has 0 amide bonds. The maximum absolute atomic E-state index is 8.49. The van der Waals surface area contributed by atoms with Crippen molar-refractivity contribution in [1.29, 1.82) is 0 Å². The van der Waals surface area contributed by atoms with Gasteiger partial charge in [0, 0.05) is 17.0 Å². The Morgan fingerprint density at radius 1 is 1.47 bits per heavy atom. The summed E-state index contributed by atoms with van der Waals surface area (Å²) in [6.07, 6.45) is 0. The molecule has 3 N–H and O–H groups in total. The number of amidine groups is 1. The minimum absolute atomic E-state index is 0.135. The van der Waals surface area contributed by atoms with Crippen LogP contribution in [0, 0.1) is 0 Å². The van der Waals surface area contributed by atoms with Gasteiger partial charge in [-0.3, -0.25) is 0 Å². The first-order valence-electron chi connectivity index (χ1n) is 4.64. The summed E-state index contributed by atoms with van der Waals surface area (Å²) >= 11 is 1.66. The van der Waals surface area contributed by atoms with Crippen molar-refractivity contribution < 1.29 is 5.21 Å². The number of nitrogens with two attached hydrogens (primary N) is 1. The molecule has 0 radical (unpaired) electrons. The Morgan fingerprint density at radius 2 is 2.07 bits per heavy atom. The van der Waals surface area contributed by atoms with Crippen molar-refractivity contribution in [1.82, 2.24) is 4.31 Å². The van der Waals surface area contributed by atoms with Gasteiger partial charge < -0.3 is 10.9 Å². The lowest BCUT2D eigenvalue weighted by Crippen LogP contribution is -2.12. The van der Waals surface area contributed by atoms with Crippen LogP contribution >= 0.6 is 11.9 Å². The summed E-state index contributed by atoms with van der Waals surface area (Å²) in [5.41, 5.74) is 6.18. The van der Waals surface area contributed by atoms with Crippen LogP contribution < -0.4 is 5.73 Å². The molecule has 5 heteroatoms. The normalized spacial score (nSPS) is 12.1. The molecule has 0 aliphatic heterocycles. The SMILES string of the molecule is CCN(C)Sc1ccc(/C(N)=N/O)cc1. The summed E-state index contributed by atoms with van der Waals surface area (Å²) < 4.78 is 2.12. The van der Waals surface area contributed by atoms with E-state index in [9.17, 15) is 0 Å². The lowest BCUT2D eigenvalue weighted by Gasteiger charge is -2.12. The van der Waals surface area contributed by atoms with Gasteiger partial charge in [-0.25, -0.2) is 4.31 Å². The molecule has 0 aliphatic rings. The van der Waals surface area contributed by atoms with Gasteiger partial charge in [-0.15, -0.1) is 0 Å². The standard InChI is InChI=1S/C10H15N3OS/c1-3-13(2)15-9-6-4-8(5-7-9)10(11)12-14/h4-7,14H,3H2,1-2H3,(H2,11,12). The molecule has 15 heavy (non-hydrogen) atoms. The minimum atomic E-state index is 0.135. The fourth-order valence-corrected chi connectivity index (χ4v) is 1.74. The second-order valence-electron chi connectivity index (χ2n) is 3.05. The van der Waals surface area contributed by atoms with Gasteiger partial charge in [-0.2, -0.15) is 0 Å². The van der Waals surface area contributed by atoms with Crippen LogP contribution in [0.4, 0.5) is 0 Å². The monoisotopic (exact) mass is 225 g/mol. The van der Waals surface area contributed by atoms with Crippen molar-refractivity contribution in [2.45, 2.75) is 11.8 Å². The summed E-state index contributed by atoms with van der Waals surface area (Å²) in [5.74, 6) is 0.135. The zero-order valence-electron chi connectivity index (χ0n) is 8.84. The van der Waals surface area contributed by atoms with E-state index >= 15 is 0 Å². The molecule has 0 atom stereocenters. The summed E-state index contributed by atoms with van der Waals surface area (Å²) in [7, 11) is 2.03. The molecule has 82 valence electrons. The predicted octanol–water partition coefficient (Wildman–Crippen LogP) is 1.74. The lowest BCUT2D eigenvalue weighted by atomic mass is 10.2. The molecule has 4 nitrogen and oxygen atoms in total. The van der Waals surface area contributed by atoms with E-state index in [1.807, 2.05) is 31.3 Å².